The van der Waals surface area contributed by atoms with Gasteiger partial charge in [0.25, 0.3) is 5.91 Å². The summed E-state index contributed by atoms with van der Waals surface area (Å²) in [6, 6.07) is 6.59. The first-order valence-electron chi connectivity index (χ1n) is 8.37. The summed E-state index contributed by atoms with van der Waals surface area (Å²) < 4.78 is 13.4. The Bertz CT molecular complexity index is 938. The minimum absolute atomic E-state index is 0.127. The Morgan fingerprint density at radius 3 is 2.85 bits per heavy atom. The van der Waals surface area contributed by atoms with Gasteiger partial charge in [-0.15, -0.1) is 0 Å². The molecule has 1 aromatic carbocycles. The number of hydrogen-bond acceptors (Lipinski definition) is 3. The third-order valence-electron chi connectivity index (χ3n) is 3.58. The molecule has 0 aromatic heterocycles. The van der Waals surface area contributed by atoms with Crippen molar-refractivity contribution >= 4 is 35.0 Å². The van der Waals surface area contributed by atoms with Crippen molar-refractivity contribution in [3.63, 3.8) is 0 Å². The van der Waals surface area contributed by atoms with E-state index in [2.05, 4.69) is 25.8 Å². The Hall–Kier alpha value is -2.80. The summed E-state index contributed by atoms with van der Waals surface area (Å²) in [4.78, 5) is 21.4. The fourth-order valence-electron chi connectivity index (χ4n) is 2.47. The van der Waals surface area contributed by atoms with E-state index in [0.717, 1.165) is 0 Å². The van der Waals surface area contributed by atoms with Crippen LogP contribution in [-0.2, 0) is 0 Å². The predicted octanol–water partition coefficient (Wildman–Crippen LogP) is 3.77. The van der Waals surface area contributed by atoms with Gasteiger partial charge in [-0.1, -0.05) is 23.7 Å². The number of nitrogens with one attached hydrogen (secondary N) is 2. The molecule has 140 valence electrons. The van der Waals surface area contributed by atoms with E-state index in [0.29, 0.717) is 27.7 Å². The molecule has 1 heterocycles. The average molecular weight is 388 g/mol. The second kappa shape index (κ2) is 7.44. The Morgan fingerprint density at radius 1 is 1.37 bits per heavy atom. The molecule has 1 aliphatic carbocycles. The van der Waals surface area contributed by atoms with Crippen LogP contribution in [-0.4, -0.2) is 29.0 Å². The number of aliphatic imine (C=N–C) groups is 2. The van der Waals surface area contributed by atoms with Crippen LogP contribution in [0.25, 0.3) is 0 Å². The van der Waals surface area contributed by atoms with Crippen molar-refractivity contribution < 1.29 is 9.18 Å². The van der Waals surface area contributed by atoms with E-state index in [-0.39, 0.29) is 24.1 Å². The van der Waals surface area contributed by atoms with Gasteiger partial charge in [0.2, 0.25) is 5.96 Å². The minimum Gasteiger partial charge on any atom is -0.291 e. The molecule has 3 rings (SSSR count). The largest absolute Gasteiger partial charge is 0.291 e. The van der Waals surface area contributed by atoms with Crippen LogP contribution in [0.5, 0.6) is 0 Å². The lowest BCUT2D eigenvalue weighted by molar-refractivity contribution is 0.0976. The van der Waals surface area contributed by atoms with Gasteiger partial charge in [-0.25, -0.2) is 9.38 Å². The molecule has 1 aromatic rings. The lowest BCUT2D eigenvalue weighted by atomic mass is 10.0. The van der Waals surface area contributed by atoms with E-state index in [1.807, 2.05) is 20.8 Å². The van der Waals surface area contributed by atoms with Crippen LogP contribution < -0.4 is 10.7 Å². The summed E-state index contributed by atoms with van der Waals surface area (Å²) in [6.45, 7) is 5.67. The summed E-state index contributed by atoms with van der Waals surface area (Å²) in [5.74, 6) is -0.114. The van der Waals surface area contributed by atoms with Gasteiger partial charge in [0.15, 0.2) is 5.84 Å². The SMILES string of the molecule is CC(C)(C)N=C(N=C1NN=C2C=C(F)CC=C21)NC(=O)c1cccc(Cl)c1. The maximum Gasteiger partial charge on any atom is 0.258 e. The number of carbonyl (C=O) groups excluding carboxylic acids is 1. The fourth-order valence-corrected chi connectivity index (χ4v) is 2.66. The number of carbonyl (C=O) groups is 1. The van der Waals surface area contributed by atoms with Crippen LogP contribution >= 0.6 is 11.6 Å². The normalized spacial score (nSPS) is 18.3. The molecule has 2 aliphatic rings. The van der Waals surface area contributed by atoms with E-state index < -0.39 is 5.54 Å². The number of allylic oxidation sites excluding steroid dienone is 3. The second-order valence-electron chi connectivity index (χ2n) is 7.05. The summed E-state index contributed by atoms with van der Waals surface area (Å²) in [7, 11) is 0. The van der Waals surface area contributed by atoms with E-state index in [9.17, 15) is 9.18 Å². The second-order valence-corrected chi connectivity index (χ2v) is 7.49. The highest BCUT2D eigenvalue weighted by Gasteiger charge is 2.24. The number of amidine groups is 1. The molecule has 0 bridgehead atoms. The molecule has 0 radical (unpaired) electrons. The van der Waals surface area contributed by atoms with E-state index in [4.69, 9.17) is 11.6 Å². The molecule has 0 fully saturated rings. The van der Waals surface area contributed by atoms with Crippen LogP contribution in [0.2, 0.25) is 5.02 Å². The summed E-state index contributed by atoms with van der Waals surface area (Å²) in [5.41, 5.74) is 3.82. The molecule has 0 atom stereocenters. The third-order valence-corrected chi connectivity index (χ3v) is 3.81. The van der Waals surface area contributed by atoms with Crippen molar-refractivity contribution in [3.8, 4) is 0 Å². The van der Waals surface area contributed by atoms with Gasteiger partial charge in [0.05, 0.1) is 11.3 Å². The van der Waals surface area contributed by atoms with Crippen molar-refractivity contribution in [1.29, 1.82) is 0 Å². The van der Waals surface area contributed by atoms with Crippen molar-refractivity contribution in [2.45, 2.75) is 32.7 Å². The topological polar surface area (TPSA) is 78.2 Å². The Morgan fingerprint density at radius 2 is 2.15 bits per heavy atom. The van der Waals surface area contributed by atoms with Gasteiger partial charge in [-0.2, -0.15) is 10.1 Å². The van der Waals surface area contributed by atoms with Crippen molar-refractivity contribution in [3.05, 3.63) is 58.4 Å². The van der Waals surface area contributed by atoms with Gasteiger partial charge < -0.3 is 0 Å². The van der Waals surface area contributed by atoms with E-state index >= 15 is 0 Å². The zero-order valence-corrected chi connectivity index (χ0v) is 15.9. The Balaban J connectivity index is 1.88. The molecule has 0 unspecified atom stereocenters. The number of benzene rings is 1. The van der Waals surface area contributed by atoms with Crippen LogP contribution in [0.1, 0.15) is 37.6 Å². The van der Waals surface area contributed by atoms with Gasteiger partial charge in [-0.05, 0) is 45.0 Å². The molecular weight excluding hydrogens is 369 g/mol. The molecule has 6 nitrogen and oxygen atoms in total. The predicted molar refractivity (Wildman–Crippen MR) is 106 cm³/mol. The number of rotatable bonds is 1. The number of guanidine groups is 1. The first-order chi connectivity index (χ1) is 12.7. The number of nitrogens with zero attached hydrogens (tertiary/aromatic N) is 3. The van der Waals surface area contributed by atoms with Gasteiger partial charge >= 0.3 is 0 Å². The maximum atomic E-state index is 13.4. The van der Waals surface area contributed by atoms with Crippen molar-refractivity contribution in [1.82, 2.24) is 10.7 Å². The number of halogens is 2. The number of hydrogen-bond donors (Lipinski definition) is 2. The molecule has 1 aliphatic heterocycles. The molecule has 1 amide bonds. The molecule has 0 spiro atoms. The Kier molecular flexibility index (Phi) is 5.23. The van der Waals surface area contributed by atoms with E-state index in [1.165, 1.54) is 6.08 Å². The maximum absolute atomic E-state index is 13.4. The summed E-state index contributed by atoms with van der Waals surface area (Å²) >= 11 is 5.95. The van der Waals surface area contributed by atoms with Gasteiger partial charge in [0, 0.05) is 22.6 Å². The van der Waals surface area contributed by atoms with Crippen molar-refractivity contribution in [2.75, 3.05) is 0 Å². The number of hydrazone groups is 1. The average Bonchev–Trinajstić information content (AvgIpc) is 2.95. The zero-order valence-electron chi connectivity index (χ0n) is 15.2. The Labute approximate surface area is 161 Å². The lowest BCUT2D eigenvalue weighted by Gasteiger charge is -2.15. The monoisotopic (exact) mass is 387 g/mol. The van der Waals surface area contributed by atoms with Crippen LogP contribution in [0.4, 0.5) is 4.39 Å². The minimum atomic E-state index is -0.476. The van der Waals surface area contributed by atoms with Gasteiger partial charge in [-0.3, -0.25) is 15.5 Å². The molecule has 0 saturated carbocycles. The third kappa shape index (κ3) is 4.89. The summed E-state index contributed by atoms with van der Waals surface area (Å²) in [5, 5.41) is 7.22. The van der Waals surface area contributed by atoms with Crippen LogP contribution in [0.15, 0.2) is 62.9 Å². The quantitative estimate of drug-likeness (QED) is 0.568. The molecular formula is C19H19ClFN5O. The zero-order chi connectivity index (χ0) is 19.6. The van der Waals surface area contributed by atoms with E-state index in [1.54, 1.807) is 30.3 Å². The van der Waals surface area contributed by atoms with Crippen LogP contribution in [0, 0.1) is 0 Å². The molecule has 2 N–H and O–H groups in total. The highest BCUT2D eigenvalue weighted by atomic mass is 35.5. The molecule has 8 heteroatoms. The standard InChI is InChI=1S/C19H19ClFN5O/c1-19(2,3)24-18(23-17(27)11-5-4-6-12(20)9-11)22-16-14-8-7-13(21)10-15(14)25-26-16/h4-6,8-10H,7H2,1-3H3,(H2,22,23,24,26,27). The number of fused-ring (bicyclic) bond motifs is 1. The molecule has 0 saturated heterocycles. The van der Waals surface area contributed by atoms with Crippen molar-refractivity contribution in [2.24, 2.45) is 15.1 Å². The first kappa shape index (κ1) is 19.0. The highest BCUT2D eigenvalue weighted by molar-refractivity contribution is 6.32. The molecule has 27 heavy (non-hydrogen) atoms. The van der Waals surface area contributed by atoms with Gasteiger partial charge in [0.1, 0.15) is 5.83 Å². The number of amides is 1. The highest BCUT2D eigenvalue weighted by Crippen LogP contribution is 2.20. The smallest absolute Gasteiger partial charge is 0.258 e. The fraction of sp³-hybridized carbons (Fsp3) is 0.263. The van der Waals surface area contributed by atoms with Crippen LogP contribution in [0.3, 0.4) is 0 Å². The lowest BCUT2D eigenvalue weighted by Crippen LogP contribution is -2.33. The first-order valence-corrected chi connectivity index (χ1v) is 8.75. The summed E-state index contributed by atoms with van der Waals surface area (Å²) in [6.07, 6.45) is 3.23.